The topological polar surface area (TPSA) is 22.1 Å². The van der Waals surface area contributed by atoms with Crippen LogP contribution in [0.4, 0.5) is 0 Å². The molecule has 0 bridgehead atoms. The van der Waals surface area contributed by atoms with E-state index in [1.54, 1.807) is 0 Å². The van der Waals surface area contributed by atoms with Crippen molar-refractivity contribution >= 4 is 11.3 Å². The molecule has 2 rings (SSSR count). The second kappa shape index (κ2) is 3.99. The average molecular weight is 211 g/mol. The molecule has 0 saturated carbocycles. The third-order valence-corrected chi connectivity index (χ3v) is 3.95. The van der Waals surface area contributed by atoms with Gasteiger partial charge in [-0.25, -0.2) is 4.98 Å². The van der Waals surface area contributed by atoms with Crippen molar-refractivity contribution in [2.24, 2.45) is 0 Å². The molecule has 0 aromatic carbocycles. The number of aryl methyl sites for hydroxylation is 1. The lowest BCUT2D eigenvalue weighted by Crippen LogP contribution is -2.00. The molecule has 78 valence electrons. The summed E-state index contributed by atoms with van der Waals surface area (Å²) in [5.74, 6) is 1.11. The molecule has 14 heavy (non-hydrogen) atoms. The molecular formula is C11H17NOS. The normalized spacial score (nSPS) is 22.1. The summed E-state index contributed by atoms with van der Waals surface area (Å²) in [6.07, 6.45) is 1.14. The van der Waals surface area contributed by atoms with Crippen LogP contribution in [0.2, 0.25) is 0 Å². The van der Waals surface area contributed by atoms with E-state index >= 15 is 0 Å². The van der Waals surface area contributed by atoms with Crippen molar-refractivity contribution in [3.8, 4) is 0 Å². The third-order valence-electron chi connectivity index (χ3n) is 2.66. The van der Waals surface area contributed by atoms with Crippen LogP contribution in [0.1, 0.15) is 47.7 Å². The Bertz CT molecular complexity index is 313. The summed E-state index contributed by atoms with van der Waals surface area (Å²) in [7, 11) is 0. The molecule has 0 aliphatic carbocycles. The minimum Gasteiger partial charge on any atom is -0.381 e. The van der Waals surface area contributed by atoms with Gasteiger partial charge >= 0.3 is 0 Å². The summed E-state index contributed by atoms with van der Waals surface area (Å²) in [5.41, 5.74) is 1.29. The van der Waals surface area contributed by atoms with Gasteiger partial charge in [0.15, 0.2) is 0 Å². The number of nitrogens with zero attached hydrogens (tertiary/aromatic N) is 1. The molecule has 2 heterocycles. The van der Waals surface area contributed by atoms with Gasteiger partial charge in [-0.15, -0.1) is 11.3 Å². The summed E-state index contributed by atoms with van der Waals surface area (Å²) >= 11 is 1.84. The van der Waals surface area contributed by atoms with Crippen LogP contribution in [0.15, 0.2) is 0 Å². The van der Waals surface area contributed by atoms with Gasteiger partial charge in [0, 0.05) is 23.3 Å². The molecule has 1 aromatic rings. The predicted octanol–water partition coefficient (Wildman–Crippen LogP) is 3.08. The fraction of sp³-hybridized carbons (Fsp3) is 0.727. The second-order valence-corrected chi connectivity index (χ2v) is 5.44. The van der Waals surface area contributed by atoms with Crippen molar-refractivity contribution in [2.45, 2.75) is 39.0 Å². The maximum absolute atomic E-state index is 5.40. The van der Waals surface area contributed by atoms with Gasteiger partial charge in [0.2, 0.25) is 0 Å². The van der Waals surface area contributed by atoms with E-state index < -0.39 is 0 Å². The van der Waals surface area contributed by atoms with Crippen LogP contribution >= 0.6 is 11.3 Å². The molecule has 1 aliphatic heterocycles. The molecule has 0 spiro atoms. The minimum atomic E-state index is 0.551. The van der Waals surface area contributed by atoms with Crippen molar-refractivity contribution in [1.82, 2.24) is 4.98 Å². The molecule has 1 fully saturated rings. The van der Waals surface area contributed by atoms with Gasteiger partial charge in [-0.1, -0.05) is 13.8 Å². The molecule has 1 unspecified atom stereocenters. The Morgan fingerprint density at radius 1 is 1.50 bits per heavy atom. The summed E-state index contributed by atoms with van der Waals surface area (Å²) < 4.78 is 5.40. The summed E-state index contributed by atoms with van der Waals surface area (Å²) in [6.45, 7) is 8.35. The lowest BCUT2D eigenvalue weighted by atomic mass is 10.0. The highest BCUT2D eigenvalue weighted by Crippen LogP contribution is 2.32. The van der Waals surface area contributed by atoms with Gasteiger partial charge in [0.1, 0.15) is 0 Å². The molecule has 1 atom stereocenters. The molecule has 2 nitrogen and oxygen atoms in total. The maximum Gasteiger partial charge on any atom is 0.0956 e. The van der Waals surface area contributed by atoms with Gasteiger partial charge in [-0.05, 0) is 13.3 Å². The van der Waals surface area contributed by atoms with Gasteiger partial charge in [0.05, 0.1) is 17.3 Å². The number of aromatic nitrogens is 1. The van der Waals surface area contributed by atoms with Crippen molar-refractivity contribution in [1.29, 1.82) is 0 Å². The van der Waals surface area contributed by atoms with Crippen molar-refractivity contribution in [3.05, 3.63) is 15.6 Å². The molecule has 0 radical (unpaired) electrons. The molecule has 0 amide bonds. The van der Waals surface area contributed by atoms with E-state index in [4.69, 9.17) is 9.72 Å². The Kier molecular flexibility index (Phi) is 2.88. The zero-order chi connectivity index (χ0) is 10.1. The number of thiazole rings is 1. The quantitative estimate of drug-likeness (QED) is 0.750. The van der Waals surface area contributed by atoms with Crippen LogP contribution in [0.5, 0.6) is 0 Å². The fourth-order valence-electron chi connectivity index (χ4n) is 1.81. The maximum atomic E-state index is 5.40. The Hall–Kier alpha value is -0.410. The summed E-state index contributed by atoms with van der Waals surface area (Å²) in [5, 5.41) is 1.27. The number of ether oxygens (including phenoxy) is 1. The van der Waals surface area contributed by atoms with Crippen molar-refractivity contribution < 1.29 is 4.74 Å². The van der Waals surface area contributed by atoms with Crippen LogP contribution in [-0.2, 0) is 4.74 Å². The lowest BCUT2D eigenvalue weighted by molar-refractivity contribution is 0.193. The highest BCUT2D eigenvalue weighted by Gasteiger charge is 2.23. The van der Waals surface area contributed by atoms with Gasteiger partial charge < -0.3 is 4.74 Å². The van der Waals surface area contributed by atoms with E-state index in [1.165, 1.54) is 15.6 Å². The van der Waals surface area contributed by atoms with Crippen LogP contribution in [0.3, 0.4) is 0 Å². The predicted molar refractivity (Wildman–Crippen MR) is 59.1 cm³/mol. The largest absolute Gasteiger partial charge is 0.381 e. The SMILES string of the molecule is Cc1sc(C(C)C)nc1C1CCOC1. The second-order valence-electron chi connectivity index (χ2n) is 4.21. The average Bonchev–Trinajstić information content (AvgIpc) is 2.71. The smallest absolute Gasteiger partial charge is 0.0956 e. The first-order chi connectivity index (χ1) is 6.68. The Balaban J connectivity index is 2.24. The number of hydrogen-bond acceptors (Lipinski definition) is 3. The molecular weight excluding hydrogens is 194 g/mol. The Morgan fingerprint density at radius 3 is 2.79 bits per heavy atom. The van der Waals surface area contributed by atoms with E-state index in [0.29, 0.717) is 11.8 Å². The fourth-order valence-corrected chi connectivity index (χ4v) is 2.82. The zero-order valence-corrected chi connectivity index (χ0v) is 9.86. The highest BCUT2D eigenvalue weighted by molar-refractivity contribution is 7.11. The van der Waals surface area contributed by atoms with Gasteiger partial charge in [0.25, 0.3) is 0 Å². The van der Waals surface area contributed by atoms with E-state index in [0.717, 1.165) is 19.6 Å². The standard InChI is InChI=1S/C11H17NOS/c1-7(2)11-12-10(8(3)14-11)9-4-5-13-6-9/h7,9H,4-6H2,1-3H3. The van der Waals surface area contributed by atoms with Crippen LogP contribution in [-0.4, -0.2) is 18.2 Å². The van der Waals surface area contributed by atoms with E-state index in [1.807, 2.05) is 11.3 Å². The summed E-state index contributed by atoms with van der Waals surface area (Å²) in [4.78, 5) is 6.11. The van der Waals surface area contributed by atoms with Crippen LogP contribution in [0, 0.1) is 6.92 Å². The van der Waals surface area contributed by atoms with E-state index in [2.05, 4.69) is 20.8 Å². The van der Waals surface area contributed by atoms with Crippen LogP contribution in [0.25, 0.3) is 0 Å². The Labute approximate surface area is 89.3 Å². The molecule has 1 aliphatic rings. The molecule has 0 N–H and O–H groups in total. The first-order valence-electron chi connectivity index (χ1n) is 5.23. The highest BCUT2D eigenvalue weighted by atomic mass is 32.1. The number of rotatable bonds is 2. The lowest BCUT2D eigenvalue weighted by Gasteiger charge is -2.04. The van der Waals surface area contributed by atoms with Crippen molar-refractivity contribution in [2.75, 3.05) is 13.2 Å². The van der Waals surface area contributed by atoms with Crippen molar-refractivity contribution in [3.63, 3.8) is 0 Å². The third kappa shape index (κ3) is 1.84. The van der Waals surface area contributed by atoms with E-state index in [9.17, 15) is 0 Å². The van der Waals surface area contributed by atoms with Crippen LogP contribution < -0.4 is 0 Å². The Morgan fingerprint density at radius 2 is 2.29 bits per heavy atom. The first-order valence-corrected chi connectivity index (χ1v) is 6.05. The first kappa shape index (κ1) is 10.1. The van der Waals surface area contributed by atoms with Gasteiger partial charge in [-0.3, -0.25) is 0 Å². The zero-order valence-electron chi connectivity index (χ0n) is 9.04. The van der Waals surface area contributed by atoms with E-state index in [-0.39, 0.29) is 0 Å². The monoisotopic (exact) mass is 211 g/mol. The molecule has 3 heteroatoms. The molecule has 1 aromatic heterocycles. The molecule has 1 saturated heterocycles. The minimum absolute atomic E-state index is 0.551. The number of hydrogen-bond donors (Lipinski definition) is 0. The van der Waals surface area contributed by atoms with Gasteiger partial charge in [-0.2, -0.15) is 0 Å². The summed E-state index contributed by atoms with van der Waals surface area (Å²) in [6, 6.07) is 0.